The molecular formula is C36H44ClN2O2+. The van der Waals surface area contributed by atoms with E-state index < -0.39 is 0 Å². The molecule has 0 fully saturated rings. The van der Waals surface area contributed by atoms with E-state index in [1.807, 2.05) is 12.1 Å². The fraction of sp³-hybridized carbons (Fsp3) is 0.417. The van der Waals surface area contributed by atoms with Gasteiger partial charge in [-0.15, -0.1) is 0 Å². The number of anilines is 1. The van der Waals surface area contributed by atoms with Crippen LogP contribution in [0.2, 0.25) is 0 Å². The number of methoxy groups -OCH3 is 1. The molecule has 3 aliphatic rings. The van der Waals surface area contributed by atoms with Crippen LogP contribution in [0.1, 0.15) is 77.5 Å². The lowest BCUT2D eigenvalue weighted by atomic mass is 9.81. The van der Waals surface area contributed by atoms with Crippen molar-refractivity contribution in [2.24, 2.45) is 0 Å². The van der Waals surface area contributed by atoms with Crippen LogP contribution < -0.4 is 9.64 Å². The van der Waals surface area contributed by atoms with E-state index in [0.717, 1.165) is 48.7 Å². The summed E-state index contributed by atoms with van der Waals surface area (Å²) in [6.45, 7) is 15.4. The van der Waals surface area contributed by atoms with Crippen molar-refractivity contribution in [2.75, 3.05) is 25.1 Å². The van der Waals surface area contributed by atoms with E-state index in [-0.39, 0.29) is 17.4 Å². The quantitative estimate of drug-likeness (QED) is 0.339. The number of hydrogen-bond donors (Lipinski definition) is 1. The summed E-state index contributed by atoms with van der Waals surface area (Å²) in [4.78, 5) is 2.39. The summed E-state index contributed by atoms with van der Waals surface area (Å²) < 4.78 is 7.95. The molecule has 0 atom stereocenters. The lowest BCUT2D eigenvalue weighted by molar-refractivity contribution is -0.433. The van der Waals surface area contributed by atoms with Crippen molar-refractivity contribution >= 4 is 28.7 Å². The number of nitrogens with zero attached hydrogens (tertiary/aromatic N) is 2. The smallest absolute Gasteiger partial charge is 0.210 e. The van der Waals surface area contributed by atoms with Crippen molar-refractivity contribution in [1.29, 1.82) is 0 Å². The highest BCUT2D eigenvalue weighted by Gasteiger charge is 2.44. The Hall–Kier alpha value is -3.08. The second-order valence-electron chi connectivity index (χ2n) is 12.3. The summed E-state index contributed by atoms with van der Waals surface area (Å²) >= 11 is 7.11. The molecule has 0 amide bonds. The number of aliphatic hydroxyl groups excluding tert-OH is 1. The third-order valence-corrected chi connectivity index (χ3v) is 9.70. The number of allylic oxidation sites excluding steroid dienone is 8. The summed E-state index contributed by atoms with van der Waals surface area (Å²) in [6, 6.07) is 12.7. The first-order valence-corrected chi connectivity index (χ1v) is 15.3. The van der Waals surface area contributed by atoms with Crippen LogP contribution in [-0.2, 0) is 17.4 Å². The van der Waals surface area contributed by atoms with Crippen molar-refractivity contribution in [3.05, 3.63) is 99.3 Å². The van der Waals surface area contributed by atoms with Gasteiger partial charge in [0.1, 0.15) is 12.3 Å². The number of likely N-dealkylation sites (N-methyl/N-ethyl adjacent to an activating group) is 1. The third-order valence-electron chi connectivity index (χ3n) is 9.21. The van der Waals surface area contributed by atoms with Crippen molar-refractivity contribution in [3.8, 4) is 5.75 Å². The number of rotatable bonds is 7. The minimum absolute atomic E-state index is 0.0574. The Morgan fingerprint density at radius 2 is 1.76 bits per heavy atom. The van der Waals surface area contributed by atoms with Gasteiger partial charge in [0.05, 0.1) is 19.1 Å². The van der Waals surface area contributed by atoms with E-state index in [9.17, 15) is 5.11 Å². The minimum Gasteiger partial charge on any atom is -0.497 e. The summed E-state index contributed by atoms with van der Waals surface area (Å²) in [5, 5.41) is 10.6. The highest BCUT2D eigenvalue weighted by atomic mass is 35.5. The molecule has 0 saturated heterocycles. The SMILES string of the molecule is CCN1/C(=C/C=C2\CCCC(/C=C/C3=[N+](CC)c4ccc(OC)cc4C3(C)C)=C2Cl)C(C)(C)c2cc(CO)ccc21. The predicted octanol–water partition coefficient (Wildman–Crippen LogP) is 8.44. The zero-order valence-electron chi connectivity index (χ0n) is 25.6. The summed E-state index contributed by atoms with van der Waals surface area (Å²) in [5.74, 6) is 0.893. The second-order valence-corrected chi connectivity index (χ2v) is 12.7. The van der Waals surface area contributed by atoms with Gasteiger partial charge in [-0.25, -0.2) is 0 Å². The van der Waals surface area contributed by atoms with Gasteiger partial charge in [-0.2, -0.15) is 4.58 Å². The Balaban J connectivity index is 1.48. The maximum Gasteiger partial charge on any atom is 0.210 e. The van der Waals surface area contributed by atoms with E-state index in [0.29, 0.717) is 0 Å². The molecule has 2 aromatic rings. The average Bonchev–Trinajstić information content (AvgIpc) is 3.32. The standard InChI is InChI=1S/C36H44ClN2O2/c1-8-38-30-17-13-24(23-40)21-28(30)35(3,4)32(38)19-14-25-11-10-12-26(34(25)37)15-20-33-36(5,6)29-22-27(41-7)16-18-31(29)39(33)9-2/h13-22,40H,8-12,23H2,1-7H3/q+1. The van der Waals surface area contributed by atoms with E-state index in [1.165, 1.54) is 45.1 Å². The highest BCUT2D eigenvalue weighted by Crippen LogP contribution is 2.48. The molecule has 0 bridgehead atoms. The van der Waals surface area contributed by atoms with Crippen molar-refractivity contribution in [2.45, 2.75) is 78.2 Å². The van der Waals surface area contributed by atoms with Gasteiger partial charge in [0.25, 0.3) is 0 Å². The Morgan fingerprint density at radius 1 is 0.976 bits per heavy atom. The van der Waals surface area contributed by atoms with E-state index in [4.69, 9.17) is 16.3 Å². The summed E-state index contributed by atoms with van der Waals surface area (Å²) in [7, 11) is 1.73. The van der Waals surface area contributed by atoms with Crippen molar-refractivity contribution < 1.29 is 14.4 Å². The lowest BCUT2D eigenvalue weighted by Gasteiger charge is -2.26. The van der Waals surface area contributed by atoms with Crippen LogP contribution in [0, 0.1) is 0 Å². The molecule has 2 aliphatic heterocycles. The topological polar surface area (TPSA) is 35.7 Å². The highest BCUT2D eigenvalue weighted by molar-refractivity contribution is 6.32. The van der Waals surface area contributed by atoms with Gasteiger partial charge in [-0.3, -0.25) is 0 Å². The number of halogens is 1. The lowest BCUT2D eigenvalue weighted by Crippen LogP contribution is -2.27. The molecule has 0 radical (unpaired) electrons. The molecule has 2 aromatic carbocycles. The molecule has 4 nitrogen and oxygen atoms in total. The zero-order chi connectivity index (χ0) is 29.5. The number of fused-ring (bicyclic) bond motifs is 2. The van der Waals surface area contributed by atoms with Crippen LogP contribution in [0.15, 0.2) is 82.6 Å². The van der Waals surface area contributed by atoms with Gasteiger partial charge in [-0.05, 0) is 93.5 Å². The van der Waals surface area contributed by atoms with E-state index in [2.05, 4.69) is 99.6 Å². The Labute approximate surface area is 251 Å². The predicted molar refractivity (Wildman–Crippen MR) is 172 cm³/mol. The first kappa shape index (κ1) is 29.4. The van der Waals surface area contributed by atoms with Gasteiger partial charge in [0, 0.05) is 46.1 Å². The fourth-order valence-electron chi connectivity index (χ4n) is 6.85. The van der Waals surface area contributed by atoms with Gasteiger partial charge in [-0.1, -0.05) is 49.7 Å². The molecule has 0 unspecified atom stereocenters. The number of hydrogen-bond acceptors (Lipinski definition) is 3. The van der Waals surface area contributed by atoms with Crippen molar-refractivity contribution in [3.63, 3.8) is 0 Å². The second kappa shape index (κ2) is 11.3. The zero-order valence-corrected chi connectivity index (χ0v) is 26.4. The molecule has 2 heterocycles. The van der Waals surface area contributed by atoms with Crippen LogP contribution in [0.3, 0.4) is 0 Å². The molecule has 1 aliphatic carbocycles. The minimum atomic E-state index is -0.160. The number of benzene rings is 2. The normalized spacial score (nSPS) is 21.4. The Morgan fingerprint density at radius 3 is 2.44 bits per heavy atom. The molecule has 216 valence electrons. The van der Waals surface area contributed by atoms with Gasteiger partial charge < -0.3 is 14.7 Å². The molecule has 0 spiro atoms. The maximum atomic E-state index is 9.72. The van der Waals surface area contributed by atoms with Crippen LogP contribution in [0.4, 0.5) is 11.4 Å². The molecule has 0 aromatic heterocycles. The van der Waals surface area contributed by atoms with Gasteiger partial charge >= 0.3 is 0 Å². The van der Waals surface area contributed by atoms with Crippen LogP contribution in [-0.4, -0.2) is 35.6 Å². The average molecular weight is 572 g/mol. The van der Waals surface area contributed by atoms with Gasteiger partial charge in [0.2, 0.25) is 5.69 Å². The number of aliphatic hydroxyl groups is 1. The molecule has 0 saturated carbocycles. The fourth-order valence-corrected chi connectivity index (χ4v) is 7.17. The maximum absolute atomic E-state index is 9.72. The first-order chi connectivity index (χ1) is 19.6. The summed E-state index contributed by atoms with van der Waals surface area (Å²) in [6.07, 6.45) is 12.1. The Bertz CT molecular complexity index is 1520. The van der Waals surface area contributed by atoms with Crippen LogP contribution >= 0.6 is 11.6 Å². The molecule has 5 rings (SSSR count). The van der Waals surface area contributed by atoms with Crippen LogP contribution in [0.5, 0.6) is 5.75 Å². The van der Waals surface area contributed by atoms with E-state index in [1.54, 1.807) is 7.11 Å². The first-order valence-electron chi connectivity index (χ1n) is 14.9. The Kier molecular flexibility index (Phi) is 8.11. The van der Waals surface area contributed by atoms with Gasteiger partial charge in [0.15, 0.2) is 5.71 Å². The third kappa shape index (κ3) is 5.00. The monoisotopic (exact) mass is 571 g/mol. The van der Waals surface area contributed by atoms with Crippen LogP contribution in [0.25, 0.3) is 0 Å². The van der Waals surface area contributed by atoms with E-state index >= 15 is 0 Å². The molecule has 41 heavy (non-hydrogen) atoms. The molecular weight excluding hydrogens is 528 g/mol. The largest absolute Gasteiger partial charge is 0.497 e. The van der Waals surface area contributed by atoms with Crippen molar-refractivity contribution in [1.82, 2.24) is 0 Å². The molecule has 5 heteroatoms. The summed E-state index contributed by atoms with van der Waals surface area (Å²) in [5.41, 5.74) is 10.6. The number of ether oxygens (including phenoxy) is 1. The molecule has 1 N–H and O–H groups in total.